The molecular weight excluding hydrogens is 266 g/mol. The summed E-state index contributed by atoms with van der Waals surface area (Å²) in [6, 6.07) is 1.28. The lowest BCUT2D eigenvalue weighted by Crippen LogP contribution is -2.60. The Morgan fingerprint density at radius 3 is 2.81 bits per heavy atom. The van der Waals surface area contributed by atoms with Crippen molar-refractivity contribution in [2.75, 3.05) is 40.3 Å². The number of piperazine rings is 1. The second kappa shape index (κ2) is 7.07. The van der Waals surface area contributed by atoms with Crippen LogP contribution in [0.15, 0.2) is 0 Å². The van der Waals surface area contributed by atoms with Crippen molar-refractivity contribution in [1.82, 2.24) is 15.1 Å². The molecule has 0 saturated carbocycles. The molecular formula is C16H31N3O2. The second-order valence-electron chi connectivity index (χ2n) is 6.81. The SMILES string of the molecule is CNC(C)(CCN1CC2CCCCN2CC1C)C(=O)OC. The average molecular weight is 297 g/mol. The molecule has 0 aliphatic carbocycles. The standard InChI is InChI=1S/C16H31N3O2/c1-13-11-19-9-6-5-7-14(19)12-18(13)10-8-16(2,17-3)15(20)21-4/h13-14,17H,5-12H2,1-4H3. The third-order valence-corrected chi connectivity index (χ3v) is 5.40. The summed E-state index contributed by atoms with van der Waals surface area (Å²) in [7, 11) is 3.29. The number of methoxy groups -OCH3 is 1. The third-order valence-electron chi connectivity index (χ3n) is 5.40. The number of fused-ring (bicyclic) bond motifs is 1. The minimum Gasteiger partial charge on any atom is -0.468 e. The van der Waals surface area contributed by atoms with Gasteiger partial charge in [-0.2, -0.15) is 0 Å². The van der Waals surface area contributed by atoms with Gasteiger partial charge in [-0.3, -0.25) is 14.6 Å². The first kappa shape index (κ1) is 16.7. The van der Waals surface area contributed by atoms with E-state index < -0.39 is 5.54 Å². The maximum atomic E-state index is 11.9. The molecule has 2 fully saturated rings. The molecule has 3 atom stereocenters. The molecule has 0 aromatic carbocycles. The maximum absolute atomic E-state index is 11.9. The quantitative estimate of drug-likeness (QED) is 0.770. The monoisotopic (exact) mass is 297 g/mol. The van der Waals surface area contributed by atoms with Gasteiger partial charge in [0.1, 0.15) is 5.54 Å². The minimum atomic E-state index is -0.585. The lowest BCUT2D eigenvalue weighted by molar-refractivity contribution is -0.148. The highest BCUT2D eigenvalue weighted by Crippen LogP contribution is 2.25. The number of hydrogen-bond acceptors (Lipinski definition) is 5. The lowest BCUT2D eigenvalue weighted by atomic mass is 9.94. The summed E-state index contributed by atoms with van der Waals surface area (Å²) < 4.78 is 4.93. The molecule has 3 unspecified atom stereocenters. The van der Waals surface area contributed by atoms with Crippen molar-refractivity contribution in [3.63, 3.8) is 0 Å². The highest BCUT2D eigenvalue weighted by Gasteiger charge is 2.36. The van der Waals surface area contributed by atoms with Gasteiger partial charge in [-0.25, -0.2) is 0 Å². The van der Waals surface area contributed by atoms with E-state index in [9.17, 15) is 4.79 Å². The molecule has 0 aromatic heterocycles. The largest absolute Gasteiger partial charge is 0.468 e. The molecule has 5 heteroatoms. The first-order valence-corrected chi connectivity index (χ1v) is 8.25. The van der Waals surface area contributed by atoms with Crippen LogP contribution in [-0.2, 0) is 9.53 Å². The number of piperidine rings is 1. The summed E-state index contributed by atoms with van der Waals surface area (Å²) in [5, 5.41) is 3.13. The summed E-state index contributed by atoms with van der Waals surface area (Å²) in [5.41, 5.74) is -0.585. The van der Waals surface area contributed by atoms with Gasteiger partial charge in [0.25, 0.3) is 0 Å². The van der Waals surface area contributed by atoms with E-state index in [-0.39, 0.29) is 5.97 Å². The number of hydrogen-bond donors (Lipinski definition) is 1. The predicted octanol–water partition coefficient (Wildman–Crippen LogP) is 1.09. The molecule has 1 N–H and O–H groups in total. The Labute approximate surface area is 129 Å². The molecule has 2 heterocycles. The molecule has 5 nitrogen and oxygen atoms in total. The van der Waals surface area contributed by atoms with E-state index in [1.165, 1.54) is 39.5 Å². The van der Waals surface area contributed by atoms with Crippen LogP contribution < -0.4 is 5.32 Å². The molecule has 21 heavy (non-hydrogen) atoms. The van der Waals surface area contributed by atoms with E-state index in [0.29, 0.717) is 12.1 Å². The fourth-order valence-corrected chi connectivity index (χ4v) is 3.65. The van der Waals surface area contributed by atoms with E-state index in [4.69, 9.17) is 4.74 Å². The molecule has 2 rings (SSSR count). The van der Waals surface area contributed by atoms with E-state index in [0.717, 1.165) is 19.5 Å². The Hall–Kier alpha value is -0.650. The van der Waals surface area contributed by atoms with Gasteiger partial charge in [-0.05, 0) is 46.7 Å². The summed E-state index contributed by atoms with van der Waals surface area (Å²) in [6.07, 6.45) is 4.82. The Kier molecular flexibility index (Phi) is 5.63. The van der Waals surface area contributed by atoms with Crippen molar-refractivity contribution in [2.24, 2.45) is 0 Å². The van der Waals surface area contributed by atoms with E-state index in [1.54, 1.807) is 0 Å². The van der Waals surface area contributed by atoms with Crippen LogP contribution in [0, 0.1) is 0 Å². The van der Waals surface area contributed by atoms with Crippen molar-refractivity contribution in [3.05, 3.63) is 0 Å². The zero-order chi connectivity index (χ0) is 15.5. The second-order valence-corrected chi connectivity index (χ2v) is 6.81. The fourth-order valence-electron chi connectivity index (χ4n) is 3.65. The van der Waals surface area contributed by atoms with Crippen LogP contribution in [0.5, 0.6) is 0 Å². The van der Waals surface area contributed by atoms with Gasteiger partial charge in [-0.15, -0.1) is 0 Å². The van der Waals surface area contributed by atoms with E-state index in [1.807, 2.05) is 14.0 Å². The van der Waals surface area contributed by atoms with Crippen LogP contribution in [0.1, 0.15) is 39.5 Å². The number of nitrogens with one attached hydrogen (secondary N) is 1. The van der Waals surface area contributed by atoms with Crippen molar-refractivity contribution < 1.29 is 9.53 Å². The minimum absolute atomic E-state index is 0.172. The average Bonchev–Trinajstić information content (AvgIpc) is 2.51. The number of ether oxygens (including phenoxy) is 1. The zero-order valence-corrected chi connectivity index (χ0v) is 14.0. The summed E-state index contributed by atoms with van der Waals surface area (Å²) >= 11 is 0. The van der Waals surface area contributed by atoms with Gasteiger partial charge in [0.2, 0.25) is 0 Å². The van der Waals surface area contributed by atoms with Gasteiger partial charge in [0, 0.05) is 31.7 Å². The normalized spacial score (nSPS) is 30.5. The first-order valence-electron chi connectivity index (χ1n) is 8.25. The number of carbonyl (C=O) groups excluding carboxylic acids is 1. The number of esters is 1. The number of carbonyl (C=O) groups is 1. The fraction of sp³-hybridized carbons (Fsp3) is 0.938. The van der Waals surface area contributed by atoms with Crippen molar-refractivity contribution in [3.8, 4) is 0 Å². The van der Waals surface area contributed by atoms with Gasteiger partial charge < -0.3 is 10.1 Å². The molecule has 2 aliphatic rings. The number of nitrogens with zero attached hydrogens (tertiary/aromatic N) is 2. The van der Waals surface area contributed by atoms with Crippen LogP contribution in [0.4, 0.5) is 0 Å². The Balaban J connectivity index is 1.91. The van der Waals surface area contributed by atoms with E-state index >= 15 is 0 Å². The highest BCUT2D eigenvalue weighted by molar-refractivity contribution is 5.80. The Morgan fingerprint density at radius 2 is 2.14 bits per heavy atom. The van der Waals surface area contributed by atoms with Gasteiger partial charge >= 0.3 is 5.97 Å². The van der Waals surface area contributed by atoms with Gasteiger partial charge in [0.15, 0.2) is 0 Å². The molecule has 2 saturated heterocycles. The molecule has 2 aliphatic heterocycles. The summed E-state index contributed by atoms with van der Waals surface area (Å²) in [6.45, 7) is 8.75. The molecule has 122 valence electrons. The predicted molar refractivity (Wildman–Crippen MR) is 84.3 cm³/mol. The zero-order valence-electron chi connectivity index (χ0n) is 14.0. The van der Waals surface area contributed by atoms with Crippen molar-refractivity contribution in [2.45, 2.75) is 57.2 Å². The van der Waals surface area contributed by atoms with Gasteiger partial charge in [-0.1, -0.05) is 6.42 Å². The first-order chi connectivity index (χ1) is 10.00. The summed E-state index contributed by atoms with van der Waals surface area (Å²) in [5.74, 6) is -0.172. The topological polar surface area (TPSA) is 44.8 Å². The Morgan fingerprint density at radius 1 is 1.38 bits per heavy atom. The number of likely N-dealkylation sites (N-methyl/N-ethyl adjacent to an activating group) is 1. The third kappa shape index (κ3) is 3.76. The van der Waals surface area contributed by atoms with Gasteiger partial charge in [0.05, 0.1) is 7.11 Å². The maximum Gasteiger partial charge on any atom is 0.325 e. The highest BCUT2D eigenvalue weighted by atomic mass is 16.5. The lowest BCUT2D eigenvalue weighted by Gasteiger charge is -2.48. The number of rotatable bonds is 5. The van der Waals surface area contributed by atoms with E-state index in [2.05, 4.69) is 22.0 Å². The van der Waals surface area contributed by atoms with Crippen molar-refractivity contribution in [1.29, 1.82) is 0 Å². The molecule has 0 radical (unpaired) electrons. The molecule has 0 bridgehead atoms. The van der Waals surface area contributed by atoms with Crippen LogP contribution >= 0.6 is 0 Å². The summed E-state index contributed by atoms with van der Waals surface area (Å²) in [4.78, 5) is 17.1. The van der Waals surface area contributed by atoms with Crippen molar-refractivity contribution >= 4 is 5.97 Å². The van der Waals surface area contributed by atoms with Crippen LogP contribution in [0.3, 0.4) is 0 Å². The Bertz CT molecular complexity index is 363. The molecule has 0 aromatic rings. The van der Waals surface area contributed by atoms with Crippen LogP contribution in [-0.4, -0.2) is 73.7 Å². The molecule has 0 amide bonds. The molecule has 0 spiro atoms. The van der Waals surface area contributed by atoms with Crippen LogP contribution in [0.2, 0.25) is 0 Å². The van der Waals surface area contributed by atoms with Crippen LogP contribution in [0.25, 0.3) is 0 Å². The smallest absolute Gasteiger partial charge is 0.325 e.